The summed E-state index contributed by atoms with van der Waals surface area (Å²) < 4.78 is 2.42. The highest BCUT2D eigenvalue weighted by molar-refractivity contribution is 7.00. The van der Waals surface area contributed by atoms with Gasteiger partial charge in [0.1, 0.15) is 0 Å². The summed E-state index contributed by atoms with van der Waals surface area (Å²) in [6, 6.07) is 130. The largest absolute Gasteiger partial charge is 0.311 e. The lowest BCUT2D eigenvalue weighted by Crippen LogP contribution is -2.61. The van der Waals surface area contributed by atoms with E-state index < -0.39 is 0 Å². The third kappa shape index (κ3) is 13.7. The average molecular weight is 1490 g/mol. The van der Waals surface area contributed by atoms with E-state index in [-0.39, 0.29) is 33.8 Å². The number of benzene rings is 15. The molecule has 0 bridgehead atoms. The maximum atomic E-state index is 2.75. The fraction of sp³-hybridized carbons (Fsp3) is 0.182. The normalized spacial score (nSPS) is 12.9. The first-order chi connectivity index (χ1) is 55.2. The van der Waals surface area contributed by atoms with E-state index in [0.29, 0.717) is 0 Å². The van der Waals surface area contributed by atoms with Crippen molar-refractivity contribution in [3.8, 4) is 72.4 Å². The van der Waals surface area contributed by atoms with E-state index in [1.165, 1.54) is 93.8 Å². The van der Waals surface area contributed by atoms with Gasteiger partial charge in [-0.05, 0) is 236 Å². The van der Waals surface area contributed by atoms with Crippen molar-refractivity contribution < 1.29 is 0 Å². The number of para-hydroxylation sites is 3. The minimum atomic E-state index is -0.271. The van der Waals surface area contributed by atoms with Crippen molar-refractivity contribution in [3.63, 3.8) is 0 Å². The van der Waals surface area contributed by atoms with Crippen molar-refractivity contribution in [1.82, 2.24) is 4.57 Å². The lowest BCUT2D eigenvalue weighted by molar-refractivity contribution is 0.568. The van der Waals surface area contributed by atoms with Gasteiger partial charge in [-0.3, -0.25) is 0 Å². The van der Waals surface area contributed by atoms with Crippen molar-refractivity contribution in [3.05, 3.63) is 368 Å². The fourth-order valence-electron chi connectivity index (χ4n) is 17.6. The van der Waals surface area contributed by atoms with E-state index in [4.69, 9.17) is 0 Å². The Labute approximate surface area is 681 Å². The van der Waals surface area contributed by atoms with Gasteiger partial charge in [0.05, 0.1) is 16.7 Å². The Morgan fingerprint density at radius 1 is 0.235 bits per heavy atom. The summed E-state index contributed by atoms with van der Waals surface area (Å²) in [5.41, 5.74) is 36.6. The molecule has 18 rings (SSSR count). The minimum absolute atomic E-state index is 0.116. The first-order valence-corrected chi connectivity index (χ1v) is 41.1. The van der Waals surface area contributed by atoms with Gasteiger partial charge in [0, 0.05) is 73.1 Å². The minimum Gasteiger partial charge on any atom is -0.311 e. The number of hydrogen-bond donors (Lipinski definition) is 0. The second kappa shape index (κ2) is 28.3. The van der Waals surface area contributed by atoms with Crippen molar-refractivity contribution in [2.45, 2.75) is 131 Å². The molecule has 0 aliphatic carbocycles. The predicted molar refractivity (Wildman–Crippen MR) is 496 cm³/mol. The summed E-state index contributed by atoms with van der Waals surface area (Å²) in [6.07, 6.45) is 0. The summed E-state index contributed by atoms with van der Waals surface area (Å²) in [5.74, 6) is 0. The Balaban J connectivity index is 0.995. The zero-order chi connectivity index (χ0) is 79.6. The van der Waals surface area contributed by atoms with Gasteiger partial charge >= 0.3 is 0 Å². The molecule has 16 aromatic rings. The third-order valence-electron chi connectivity index (χ3n) is 24.0. The second-order valence-electron chi connectivity index (χ2n) is 37.1. The molecule has 0 atom stereocenters. The molecule has 0 saturated carbocycles. The molecule has 0 saturated heterocycles. The average Bonchev–Trinajstić information content (AvgIpc) is 1.19. The van der Waals surface area contributed by atoms with Crippen LogP contribution in [0.3, 0.4) is 0 Å². The Kier molecular flexibility index (Phi) is 18.2. The molecule has 4 nitrogen and oxygen atoms in total. The number of nitrogens with zero attached hydrogens (tertiary/aromatic N) is 4. The SMILES string of the molecule is CC(C)(C)c1cc(-c2ccc3c(c2)N(c2c(-c4ccccc4)cc(C(C)(C)C)cc2-c2ccccc2)c2cc(-c4cc(C(C)(C)C)cc(C(C)(C)C)c4)cc4c2B3c2ccc(N(c3ccccc3)c3ccc(-n5c6ccccc6c6ccccc65)cc3)cc2N4c2cc(-c3ccccc3)cc(-c3ccccc3)c2)cc(C(C)(C)C)c1. The molecule has 5 heteroatoms. The molecule has 0 radical (unpaired) electrons. The van der Waals surface area contributed by atoms with Crippen LogP contribution in [0.15, 0.2) is 340 Å². The van der Waals surface area contributed by atoms with Crippen LogP contribution in [0.4, 0.5) is 51.2 Å². The summed E-state index contributed by atoms with van der Waals surface area (Å²) in [4.78, 5) is 7.88. The van der Waals surface area contributed by atoms with Gasteiger partial charge in [-0.25, -0.2) is 0 Å². The Bertz CT molecular complexity index is 6160. The zero-order valence-electron chi connectivity index (χ0n) is 69.2. The number of hydrogen-bond acceptors (Lipinski definition) is 3. The molecular weight excluding hydrogens is 1390 g/mol. The molecule has 2 aliphatic heterocycles. The van der Waals surface area contributed by atoms with Crippen molar-refractivity contribution in [2.24, 2.45) is 0 Å². The van der Waals surface area contributed by atoms with Crippen molar-refractivity contribution in [1.29, 1.82) is 0 Å². The molecule has 0 spiro atoms. The van der Waals surface area contributed by atoms with E-state index in [2.05, 4.69) is 463 Å². The standard InChI is InChI=1S/C110H101BN4/c1-106(2,3)82-58-79(59-83(67-82)107(4,5)6)76-49-55-96-100(64-76)115(105-94(74-39-25-18-26-40-74)69-86(110(13,14)15)70-95(105)75-41-27-19-28-42-75)103-66-81(80-60-84(108(7,8)9)68-85(61-80)109(10,11)12)65-102-104(103)111(96)97-56-54-90(71-101(97)114(102)91-62-77(72-35-21-16-22-36-72)57-78(63-91)73-37-23-17-24-38-73)112(87-43-29-20-30-44-87)88-50-52-89(53-51-88)113-98-47-33-31-45-92(98)93-46-32-34-48-99(93)113/h16-71H,1-15H3. The molecule has 115 heavy (non-hydrogen) atoms. The van der Waals surface area contributed by atoms with Crippen molar-refractivity contribution in [2.75, 3.05) is 14.7 Å². The van der Waals surface area contributed by atoms with Crippen LogP contribution in [0.1, 0.15) is 132 Å². The van der Waals surface area contributed by atoms with Crippen LogP contribution in [0, 0.1) is 0 Å². The second-order valence-corrected chi connectivity index (χ2v) is 37.1. The van der Waals surface area contributed by atoms with Gasteiger partial charge in [0.15, 0.2) is 0 Å². The fourth-order valence-corrected chi connectivity index (χ4v) is 17.6. The topological polar surface area (TPSA) is 14.7 Å². The zero-order valence-corrected chi connectivity index (χ0v) is 69.2. The highest BCUT2D eigenvalue weighted by Gasteiger charge is 2.46. The van der Waals surface area contributed by atoms with Crippen LogP contribution in [-0.4, -0.2) is 11.3 Å². The van der Waals surface area contributed by atoms with E-state index in [1.54, 1.807) is 0 Å². The molecule has 564 valence electrons. The number of anilines is 9. The van der Waals surface area contributed by atoms with E-state index >= 15 is 0 Å². The molecule has 2 aliphatic rings. The van der Waals surface area contributed by atoms with Crippen LogP contribution in [0.25, 0.3) is 94.3 Å². The summed E-state index contributed by atoms with van der Waals surface area (Å²) in [7, 11) is 0. The molecular formula is C110H101BN4. The molecule has 1 aromatic heterocycles. The summed E-state index contributed by atoms with van der Waals surface area (Å²) in [6.45, 7) is 35.2. The third-order valence-corrected chi connectivity index (χ3v) is 24.0. The number of aromatic nitrogens is 1. The summed E-state index contributed by atoms with van der Waals surface area (Å²) in [5, 5.41) is 2.48. The maximum absolute atomic E-state index is 2.75. The van der Waals surface area contributed by atoms with Crippen LogP contribution >= 0.6 is 0 Å². The molecule has 15 aromatic carbocycles. The predicted octanol–water partition coefficient (Wildman–Crippen LogP) is 28.8. The molecule has 3 heterocycles. The van der Waals surface area contributed by atoms with Crippen LogP contribution < -0.4 is 31.1 Å². The van der Waals surface area contributed by atoms with Gasteiger partial charge in [-0.15, -0.1) is 0 Å². The molecule has 0 amide bonds. The van der Waals surface area contributed by atoms with Gasteiger partial charge in [0.25, 0.3) is 6.71 Å². The first kappa shape index (κ1) is 74.0. The van der Waals surface area contributed by atoms with E-state index in [9.17, 15) is 0 Å². The highest BCUT2D eigenvalue weighted by Crippen LogP contribution is 2.55. The molecule has 0 N–H and O–H groups in total. The number of rotatable bonds is 12. The number of fused-ring (bicyclic) bond motifs is 7. The van der Waals surface area contributed by atoms with Crippen LogP contribution in [0.5, 0.6) is 0 Å². The van der Waals surface area contributed by atoms with E-state index in [0.717, 1.165) is 95.8 Å². The Hall–Kier alpha value is -12.4. The van der Waals surface area contributed by atoms with Gasteiger partial charge in [0.2, 0.25) is 0 Å². The summed E-state index contributed by atoms with van der Waals surface area (Å²) >= 11 is 0. The van der Waals surface area contributed by atoms with Gasteiger partial charge < -0.3 is 19.3 Å². The molecule has 0 unspecified atom stereocenters. The lowest BCUT2D eigenvalue weighted by atomic mass is 9.33. The Morgan fingerprint density at radius 2 is 0.583 bits per heavy atom. The Morgan fingerprint density at radius 3 is 1.04 bits per heavy atom. The van der Waals surface area contributed by atoms with Gasteiger partial charge in [-0.2, -0.15) is 0 Å². The maximum Gasteiger partial charge on any atom is 0.252 e. The quantitative estimate of drug-likeness (QED) is 0.113. The van der Waals surface area contributed by atoms with Gasteiger partial charge in [-0.1, -0.05) is 334 Å². The lowest BCUT2D eigenvalue weighted by Gasteiger charge is -2.46. The monoisotopic (exact) mass is 1490 g/mol. The first-order valence-electron chi connectivity index (χ1n) is 41.1. The van der Waals surface area contributed by atoms with Crippen molar-refractivity contribution >= 4 is 96.1 Å². The van der Waals surface area contributed by atoms with Crippen LogP contribution in [-0.2, 0) is 27.1 Å². The molecule has 0 fully saturated rings. The smallest absolute Gasteiger partial charge is 0.252 e. The van der Waals surface area contributed by atoms with E-state index in [1.807, 2.05) is 0 Å². The van der Waals surface area contributed by atoms with Crippen LogP contribution in [0.2, 0.25) is 0 Å². The highest BCUT2D eigenvalue weighted by atomic mass is 15.2.